The maximum atomic E-state index is 12.3. The van der Waals surface area contributed by atoms with E-state index in [1.54, 1.807) is 4.68 Å². The molecule has 0 spiro atoms. The summed E-state index contributed by atoms with van der Waals surface area (Å²) < 4.78 is 1.64. The minimum atomic E-state index is 0.141. The molecule has 1 aliphatic rings. The van der Waals surface area contributed by atoms with Gasteiger partial charge in [-0.25, -0.2) is 4.68 Å². The molecule has 1 amide bonds. The topological polar surface area (TPSA) is 89.9 Å². The lowest BCUT2D eigenvalue weighted by Gasteiger charge is -2.33. The molecule has 2 rings (SSSR count). The molecule has 0 bridgehead atoms. The van der Waals surface area contributed by atoms with Crippen molar-refractivity contribution < 1.29 is 4.79 Å². The number of thioether (sulfide) groups is 1. The van der Waals surface area contributed by atoms with Crippen LogP contribution in [-0.2, 0) is 11.3 Å². The predicted molar refractivity (Wildman–Crippen MR) is 81.8 cm³/mol. The molecule has 1 fully saturated rings. The molecule has 0 atom stereocenters. The van der Waals surface area contributed by atoms with Crippen LogP contribution >= 0.6 is 11.8 Å². The van der Waals surface area contributed by atoms with E-state index in [-0.39, 0.29) is 5.91 Å². The predicted octanol–water partition coefficient (Wildman–Crippen LogP) is 0.761. The minimum absolute atomic E-state index is 0.141. The number of hydrogen-bond acceptors (Lipinski definition) is 6. The van der Waals surface area contributed by atoms with Crippen molar-refractivity contribution in [2.24, 2.45) is 11.7 Å². The van der Waals surface area contributed by atoms with Crippen LogP contribution in [0.2, 0.25) is 0 Å². The van der Waals surface area contributed by atoms with Crippen molar-refractivity contribution in [1.29, 1.82) is 0 Å². The summed E-state index contributed by atoms with van der Waals surface area (Å²) in [6, 6.07) is 0.384. The second-order valence-corrected chi connectivity index (χ2v) is 6.62. The number of amides is 1. The average Bonchev–Trinajstić information content (AvgIpc) is 2.92. The van der Waals surface area contributed by atoms with Crippen LogP contribution < -0.4 is 5.73 Å². The number of nitrogens with two attached hydrogens (primary N) is 1. The van der Waals surface area contributed by atoms with Gasteiger partial charge >= 0.3 is 0 Å². The first kappa shape index (κ1) is 16.2. The SMILES string of the molecule is CC1CCC(N(C)C(=O)CSc2nnnn2CCN)CC1. The lowest BCUT2D eigenvalue weighted by atomic mass is 9.87. The third kappa shape index (κ3) is 4.41. The van der Waals surface area contributed by atoms with Gasteiger partial charge in [-0.2, -0.15) is 0 Å². The Balaban J connectivity index is 1.82. The van der Waals surface area contributed by atoms with E-state index in [0.717, 1.165) is 18.8 Å². The quantitative estimate of drug-likeness (QED) is 0.780. The average molecular weight is 312 g/mol. The van der Waals surface area contributed by atoms with Crippen molar-refractivity contribution in [2.45, 2.75) is 50.4 Å². The molecule has 1 aromatic rings. The van der Waals surface area contributed by atoms with Crippen LogP contribution in [0, 0.1) is 5.92 Å². The molecule has 2 N–H and O–H groups in total. The van der Waals surface area contributed by atoms with Crippen molar-refractivity contribution in [1.82, 2.24) is 25.1 Å². The van der Waals surface area contributed by atoms with Crippen LogP contribution in [0.25, 0.3) is 0 Å². The fraction of sp³-hybridized carbons (Fsp3) is 0.846. The Morgan fingerprint density at radius 3 is 2.81 bits per heavy atom. The monoisotopic (exact) mass is 312 g/mol. The Morgan fingerprint density at radius 1 is 1.43 bits per heavy atom. The van der Waals surface area contributed by atoms with Crippen LogP contribution in [0.1, 0.15) is 32.6 Å². The molecule has 7 nitrogen and oxygen atoms in total. The maximum Gasteiger partial charge on any atom is 0.233 e. The summed E-state index contributed by atoms with van der Waals surface area (Å²) in [7, 11) is 1.91. The molecule has 0 saturated heterocycles. The van der Waals surface area contributed by atoms with Gasteiger partial charge in [0.2, 0.25) is 11.1 Å². The largest absolute Gasteiger partial charge is 0.342 e. The van der Waals surface area contributed by atoms with Gasteiger partial charge < -0.3 is 10.6 Å². The first-order valence-electron chi connectivity index (χ1n) is 7.46. The maximum absolute atomic E-state index is 12.3. The van der Waals surface area contributed by atoms with Crippen molar-refractivity contribution in [3.8, 4) is 0 Å². The normalized spacial score (nSPS) is 22.2. The summed E-state index contributed by atoms with van der Waals surface area (Å²) in [5, 5.41) is 12.1. The van der Waals surface area contributed by atoms with Crippen LogP contribution in [0.3, 0.4) is 0 Å². The van der Waals surface area contributed by atoms with E-state index in [1.165, 1.54) is 24.6 Å². The Kier molecular flexibility index (Phi) is 5.98. The number of rotatable bonds is 6. The van der Waals surface area contributed by atoms with Gasteiger partial charge in [-0.3, -0.25) is 4.79 Å². The lowest BCUT2D eigenvalue weighted by Crippen LogP contribution is -2.40. The van der Waals surface area contributed by atoms with E-state index < -0.39 is 0 Å². The van der Waals surface area contributed by atoms with Crippen LogP contribution in [0.4, 0.5) is 0 Å². The molecular weight excluding hydrogens is 288 g/mol. The summed E-state index contributed by atoms with van der Waals surface area (Å²) in [5.74, 6) is 1.30. The van der Waals surface area contributed by atoms with E-state index in [1.807, 2.05) is 11.9 Å². The Hall–Kier alpha value is -1.15. The molecule has 8 heteroatoms. The van der Waals surface area contributed by atoms with E-state index in [2.05, 4.69) is 22.4 Å². The number of carbonyl (C=O) groups excluding carboxylic acids is 1. The first-order chi connectivity index (χ1) is 10.1. The highest BCUT2D eigenvalue weighted by Crippen LogP contribution is 2.27. The number of tetrazole rings is 1. The van der Waals surface area contributed by atoms with Crippen LogP contribution in [-0.4, -0.2) is 56.4 Å². The summed E-state index contributed by atoms with van der Waals surface area (Å²) in [5.41, 5.74) is 5.50. The van der Waals surface area contributed by atoms with Crippen LogP contribution in [0.5, 0.6) is 0 Å². The van der Waals surface area contributed by atoms with Gasteiger partial charge in [0, 0.05) is 19.6 Å². The minimum Gasteiger partial charge on any atom is -0.342 e. The number of nitrogens with zero attached hydrogens (tertiary/aromatic N) is 5. The molecule has 21 heavy (non-hydrogen) atoms. The van der Waals surface area contributed by atoms with Gasteiger partial charge in [0.1, 0.15) is 0 Å². The highest BCUT2D eigenvalue weighted by atomic mass is 32.2. The number of carbonyl (C=O) groups is 1. The zero-order valence-corrected chi connectivity index (χ0v) is 13.6. The van der Waals surface area contributed by atoms with Gasteiger partial charge in [0.15, 0.2) is 0 Å². The Labute approximate surface area is 129 Å². The molecule has 1 aliphatic carbocycles. The van der Waals surface area contributed by atoms with Crippen molar-refractivity contribution >= 4 is 17.7 Å². The highest BCUT2D eigenvalue weighted by Gasteiger charge is 2.25. The zero-order valence-electron chi connectivity index (χ0n) is 12.7. The Bertz CT molecular complexity index is 457. The lowest BCUT2D eigenvalue weighted by molar-refractivity contribution is -0.129. The Morgan fingerprint density at radius 2 is 2.14 bits per heavy atom. The fourth-order valence-electron chi connectivity index (χ4n) is 2.62. The summed E-state index contributed by atoms with van der Waals surface area (Å²) in [6.07, 6.45) is 4.65. The van der Waals surface area contributed by atoms with Gasteiger partial charge in [-0.05, 0) is 42.0 Å². The molecule has 1 heterocycles. The van der Waals surface area contributed by atoms with E-state index in [9.17, 15) is 4.79 Å². The summed E-state index contributed by atoms with van der Waals surface area (Å²) in [4.78, 5) is 14.2. The summed E-state index contributed by atoms with van der Waals surface area (Å²) in [6.45, 7) is 3.33. The molecule has 0 aromatic carbocycles. The molecular formula is C13H24N6OS. The van der Waals surface area contributed by atoms with Gasteiger partial charge in [0.25, 0.3) is 0 Å². The molecule has 0 unspecified atom stereocenters. The standard InChI is InChI=1S/C13H24N6OS/c1-10-3-5-11(6-4-10)18(2)12(20)9-21-13-15-16-17-19(13)8-7-14/h10-11H,3-9,14H2,1-2H3. The zero-order chi connectivity index (χ0) is 15.2. The van der Waals surface area contributed by atoms with Crippen LogP contribution in [0.15, 0.2) is 5.16 Å². The van der Waals surface area contributed by atoms with E-state index >= 15 is 0 Å². The molecule has 1 saturated carbocycles. The van der Waals surface area contributed by atoms with Crippen molar-refractivity contribution in [3.05, 3.63) is 0 Å². The highest BCUT2D eigenvalue weighted by molar-refractivity contribution is 7.99. The molecule has 0 aliphatic heterocycles. The van der Waals surface area contributed by atoms with E-state index in [0.29, 0.717) is 30.0 Å². The first-order valence-corrected chi connectivity index (χ1v) is 8.45. The van der Waals surface area contributed by atoms with Crippen molar-refractivity contribution in [3.63, 3.8) is 0 Å². The van der Waals surface area contributed by atoms with Crippen molar-refractivity contribution in [2.75, 3.05) is 19.3 Å². The van der Waals surface area contributed by atoms with Gasteiger partial charge in [0.05, 0.1) is 12.3 Å². The smallest absolute Gasteiger partial charge is 0.233 e. The molecule has 1 aromatic heterocycles. The van der Waals surface area contributed by atoms with Gasteiger partial charge in [-0.15, -0.1) is 5.10 Å². The second kappa shape index (κ2) is 7.74. The van der Waals surface area contributed by atoms with E-state index in [4.69, 9.17) is 5.73 Å². The third-order valence-electron chi connectivity index (χ3n) is 4.09. The fourth-order valence-corrected chi connectivity index (χ4v) is 3.45. The van der Waals surface area contributed by atoms with Gasteiger partial charge in [-0.1, -0.05) is 18.7 Å². The number of hydrogen-bond donors (Lipinski definition) is 1. The summed E-state index contributed by atoms with van der Waals surface area (Å²) >= 11 is 1.37. The number of aromatic nitrogens is 4. The third-order valence-corrected chi connectivity index (χ3v) is 5.03. The molecule has 118 valence electrons. The second-order valence-electron chi connectivity index (χ2n) is 5.68. The molecule has 0 radical (unpaired) electrons.